The first kappa shape index (κ1) is 15.2. The molecule has 0 aliphatic carbocycles. The second-order valence-electron chi connectivity index (χ2n) is 5.08. The number of nitrogens with zero attached hydrogens (tertiary/aromatic N) is 1. The Balaban J connectivity index is 1.98. The molecule has 0 spiro atoms. The Morgan fingerprint density at radius 1 is 1.00 bits per heavy atom. The molecular formula is C16H28N2. The zero-order valence-electron chi connectivity index (χ0n) is 12.0. The lowest BCUT2D eigenvalue weighted by molar-refractivity contribution is 0.524. The number of unbranched alkanes of at least 4 members (excludes halogenated alkanes) is 6. The number of hydrogen-bond acceptors (Lipinski definition) is 2. The molecule has 18 heavy (non-hydrogen) atoms. The van der Waals surface area contributed by atoms with Crippen molar-refractivity contribution in [3.63, 3.8) is 0 Å². The second kappa shape index (κ2) is 10.1. The minimum absolute atomic E-state index is 0.438. The summed E-state index contributed by atoms with van der Waals surface area (Å²) in [5.41, 5.74) is 1.33. The highest BCUT2D eigenvalue weighted by Gasteiger charge is 2.02. The van der Waals surface area contributed by atoms with Crippen LogP contribution in [0.1, 0.15) is 70.4 Å². The summed E-state index contributed by atoms with van der Waals surface area (Å²) in [6.45, 7) is 5.61. The molecule has 0 amide bonds. The van der Waals surface area contributed by atoms with E-state index in [1.165, 1.54) is 50.5 Å². The fraction of sp³-hybridized carbons (Fsp3) is 0.688. The van der Waals surface area contributed by atoms with Crippen LogP contribution < -0.4 is 5.32 Å². The maximum atomic E-state index is 4.05. The van der Waals surface area contributed by atoms with Crippen molar-refractivity contribution in [1.29, 1.82) is 0 Å². The zero-order valence-corrected chi connectivity index (χ0v) is 12.0. The van der Waals surface area contributed by atoms with Crippen molar-refractivity contribution in [2.75, 3.05) is 6.54 Å². The number of hydrogen-bond donors (Lipinski definition) is 1. The van der Waals surface area contributed by atoms with Gasteiger partial charge in [0.15, 0.2) is 0 Å². The highest BCUT2D eigenvalue weighted by Crippen LogP contribution is 2.11. The normalized spacial score (nSPS) is 12.6. The molecular weight excluding hydrogens is 220 g/mol. The molecule has 0 aliphatic heterocycles. The predicted molar refractivity (Wildman–Crippen MR) is 78.6 cm³/mol. The molecule has 1 atom stereocenters. The monoisotopic (exact) mass is 248 g/mol. The van der Waals surface area contributed by atoms with E-state index in [0.29, 0.717) is 6.04 Å². The zero-order chi connectivity index (χ0) is 13.1. The maximum absolute atomic E-state index is 4.05. The van der Waals surface area contributed by atoms with Gasteiger partial charge in [0.05, 0.1) is 0 Å². The highest BCUT2D eigenvalue weighted by atomic mass is 14.9. The van der Waals surface area contributed by atoms with E-state index in [-0.39, 0.29) is 0 Å². The highest BCUT2D eigenvalue weighted by molar-refractivity contribution is 5.13. The molecule has 0 fully saturated rings. The largest absolute Gasteiger partial charge is 0.310 e. The van der Waals surface area contributed by atoms with Gasteiger partial charge < -0.3 is 5.32 Å². The summed E-state index contributed by atoms with van der Waals surface area (Å²) in [6.07, 6.45) is 13.3. The van der Waals surface area contributed by atoms with E-state index in [1.807, 2.05) is 12.4 Å². The van der Waals surface area contributed by atoms with Crippen molar-refractivity contribution >= 4 is 0 Å². The Kier molecular flexibility index (Phi) is 8.49. The number of aromatic nitrogens is 1. The lowest BCUT2D eigenvalue weighted by Crippen LogP contribution is -2.19. The summed E-state index contributed by atoms with van der Waals surface area (Å²) in [4.78, 5) is 4.05. The molecule has 0 saturated carbocycles. The molecule has 1 unspecified atom stereocenters. The quantitative estimate of drug-likeness (QED) is 0.617. The molecule has 0 bridgehead atoms. The third-order valence-corrected chi connectivity index (χ3v) is 3.44. The summed E-state index contributed by atoms with van der Waals surface area (Å²) in [5.74, 6) is 0. The smallest absolute Gasteiger partial charge is 0.0292 e. The number of pyridine rings is 1. The average Bonchev–Trinajstić information content (AvgIpc) is 2.42. The first-order chi connectivity index (χ1) is 8.84. The van der Waals surface area contributed by atoms with Crippen molar-refractivity contribution in [2.45, 2.75) is 64.8 Å². The van der Waals surface area contributed by atoms with Crippen molar-refractivity contribution in [3.05, 3.63) is 30.1 Å². The molecule has 0 aliphatic rings. The van der Waals surface area contributed by atoms with E-state index in [0.717, 1.165) is 6.54 Å². The third kappa shape index (κ3) is 6.75. The molecule has 0 aromatic carbocycles. The molecule has 0 radical (unpaired) electrons. The van der Waals surface area contributed by atoms with Gasteiger partial charge in [0.1, 0.15) is 0 Å². The van der Waals surface area contributed by atoms with Gasteiger partial charge in [0.25, 0.3) is 0 Å². The minimum Gasteiger partial charge on any atom is -0.310 e. The van der Waals surface area contributed by atoms with Gasteiger partial charge in [-0.25, -0.2) is 0 Å². The predicted octanol–water partition coefficient (Wildman–Crippen LogP) is 4.48. The van der Waals surface area contributed by atoms with Crippen LogP contribution in [-0.2, 0) is 0 Å². The number of rotatable bonds is 10. The van der Waals surface area contributed by atoms with Gasteiger partial charge in [0, 0.05) is 18.4 Å². The topological polar surface area (TPSA) is 24.9 Å². The van der Waals surface area contributed by atoms with Gasteiger partial charge >= 0.3 is 0 Å². The lowest BCUT2D eigenvalue weighted by Gasteiger charge is -2.13. The molecule has 1 rings (SSSR count). The van der Waals surface area contributed by atoms with Crippen molar-refractivity contribution in [2.24, 2.45) is 0 Å². The van der Waals surface area contributed by atoms with Gasteiger partial charge in [-0.15, -0.1) is 0 Å². The Bertz CT molecular complexity index is 284. The van der Waals surface area contributed by atoms with E-state index in [9.17, 15) is 0 Å². The Hall–Kier alpha value is -0.890. The van der Waals surface area contributed by atoms with E-state index in [1.54, 1.807) is 0 Å². The van der Waals surface area contributed by atoms with Crippen LogP contribution in [0, 0.1) is 0 Å². The first-order valence-electron chi connectivity index (χ1n) is 7.48. The second-order valence-corrected chi connectivity index (χ2v) is 5.08. The fourth-order valence-electron chi connectivity index (χ4n) is 2.17. The summed E-state index contributed by atoms with van der Waals surface area (Å²) in [5, 5.41) is 3.57. The van der Waals surface area contributed by atoms with Crippen LogP contribution >= 0.6 is 0 Å². The minimum atomic E-state index is 0.438. The fourth-order valence-corrected chi connectivity index (χ4v) is 2.17. The van der Waals surface area contributed by atoms with Crippen LogP contribution in [-0.4, -0.2) is 11.5 Å². The Morgan fingerprint density at radius 2 is 1.61 bits per heavy atom. The first-order valence-corrected chi connectivity index (χ1v) is 7.48. The van der Waals surface area contributed by atoms with E-state index in [4.69, 9.17) is 0 Å². The van der Waals surface area contributed by atoms with E-state index in [2.05, 4.69) is 36.3 Å². The molecule has 102 valence electrons. The van der Waals surface area contributed by atoms with Crippen molar-refractivity contribution in [3.8, 4) is 0 Å². The van der Waals surface area contributed by atoms with Crippen LogP contribution in [0.25, 0.3) is 0 Å². The third-order valence-electron chi connectivity index (χ3n) is 3.44. The van der Waals surface area contributed by atoms with Crippen LogP contribution in [0.2, 0.25) is 0 Å². The lowest BCUT2D eigenvalue weighted by atomic mass is 10.1. The van der Waals surface area contributed by atoms with Crippen molar-refractivity contribution in [1.82, 2.24) is 10.3 Å². The molecule has 0 saturated heterocycles. The molecule has 1 aromatic rings. The van der Waals surface area contributed by atoms with Crippen LogP contribution in [0.15, 0.2) is 24.5 Å². The average molecular weight is 248 g/mol. The summed E-state index contributed by atoms with van der Waals surface area (Å²) in [6, 6.07) is 4.61. The SMILES string of the molecule is CCCCCCCCCNC(C)c1ccncc1. The van der Waals surface area contributed by atoms with Gasteiger partial charge in [-0.2, -0.15) is 0 Å². The molecule has 1 heterocycles. The van der Waals surface area contributed by atoms with Crippen LogP contribution in [0.4, 0.5) is 0 Å². The standard InChI is InChI=1S/C16H28N2/c1-3-4-5-6-7-8-9-12-18-15(2)16-10-13-17-14-11-16/h10-11,13-15,18H,3-9,12H2,1-2H3. The van der Waals surface area contributed by atoms with Gasteiger partial charge in [-0.1, -0.05) is 45.4 Å². The molecule has 1 aromatic heterocycles. The van der Waals surface area contributed by atoms with Crippen molar-refractivity contribution < 1.29 is 0 Å². The van der Waals surface area contributed by atoms with Gasteiger partial charge in [-0.3, -0.25) is 4.98 Å². The number of nitrogens with one attached hydrogen (secondary N) is 1. The maximum Gasteiger partial charge on any atom is 0.0292 e. The molecule has 1 N–H and O–H groups in total. The summed E-state index contributed by atoms with van der Waals surface area (Å²) >= 11 is 0. The van der Waals surface area contributed by atoms with Gasteiger partial charge in [0.2, 0.25) is 0 Å². The Labute approximate surface area is 112 Å². The van der Waals surface area contributed by atoms with Crippen LogP contribution in [0.3, 0.4) is 0 Å². The van der Waals surface area contributed by atoms with Gasteiger partial charge in [-0.05, 0) is 37.6 Å². The molecule has 2 nitrogen and oxygen atoms in total. The van der Waals surface area contributed by atoms with E-state index < -0.39 is 0 Å². The summed E-state index contributed by atoms with van der Waals surface area (Å²) < 4.78 is 0. The summed E-state index contributed by atoms with van der Waals surface area (Å²) in [7, 11) is 0. The molecule has 2 heteroatoms. The Morgan fingerprint density at radius 3 is 2.28 bits per heavy atom. The van der Waals surface area contributed by atoms with Crippen LogP contribution in [0.5, 0.6) is 0 Å². The van der Waals surface area contributed by atoms with E-state index >= 15 is 0 Å².